The van der Waals surface area contributed by atoms with Crippen LogP contribution in [0.5, 0.6) is 0 Å². The molecule has 4 nitrogen and oxygen atoms in total. The lowest BCUT2D eigenvalue weighted by Crippen LogP contribution is -2.49. The number of aryl methyl sites for hydroxylation is 1. The van der Waals surface area contributed by atoms with E-state index in [1.807, 2.05) is 30.0 Å². The van der Waals surface area contributed by atoms with Crippen LogP contribution in [0.4, 0.5) is 8.78 Å². The van der Waals surface area contributed by atoms with Gasteiger partial charge >= 0.3 is 0 Å². The summed E-state index contributed by atoms with van der Waals surface area (Å²) in [6, 6.07) is 7.09. The third-order valence-corrected chi connectivity index (χ3v) is 4.81. The summed E-state index contributed by atoms with van der Waals surface area (Å²) in [4.78, 5) is 16.1. The van der Waals surface area contributed by atoms with Crippen LogP contribution in [0.15, 0.2) is 24.3 Å². The van der Waals surface area contributed by atoms with E-state index in [0.29, 0.717) is 12.1 Å². The first-order chi connectivity index (χ1) is 10.9. The molecule has 2 aliphatic rings. The lowest BCUT2D eigenvalue weighted by molar-refractivity contribution is -0.0697. The van der Waals surface area contributed by atoms with Gasteiger partial charge in [0.15, 0.2) is 0 Å². The zero-order chi connectivity index (χ0) is 16.6. The van der Waals surface area contributed by atoms with Gasteiger partial charge in [0.2, 0.25) is 0 Å². The maximum atomic E-state index is 13.3. The Morgan fingerprint density at radius 3 is 2.61 bits per heavy atom. The lowest BCUT2D eigenvalue weighted by atomic mass is 10.0. The molecule has 1 aromatic rings. The van der Waals surface area contributed by atoms with Crippen molar-refractivity contribution < 1.29 is 18.7 Å². The van der Waals surface area contributed by atoms with Gasteiger partial charge in [-0.25, -0.2) is 8.78 Å². The molecule has 2 atom stereocenters. The van der Waals surface area contributed by atoms with Crippen molar-refractivity contribution >= 4 is 5.91 Å². The number of amides is 1. The zero-order valence-electron chi connectivity index (χ0n) is 13.2. The molecule has 0 bridgehead atoms. The van der Waals surface area contributed by atoms with Crippen LogP contribution in [-0.2, 0) is 0 Å². The van der Waals surface area contributed by atoms with Crippen molar-refractivity contribution in [3.8, 4) is 0 Å². The van der Waals surface area contributed by atoms with Crippen molar-refractivity contribution in [3.05, 3.63) is 35.4 Å². The minimum Gasteiger partial charge on any atom is -0.390 e. The minimum absolute atomic E-state index is 0.113. The van der Waals surface area contributed by atoms with E-state index in [1.165, 1.54) is 0 Å². The molecule has 0 saturated carbocycles. The standard InChI is InChI=1S/C17H22F2N2O2/c1-12-3-2-4-13(9-12)16(23)21-10-14(15(22)11-21)20-7-5-17(18,19)6-8-20/h2-4,9,14-15,22H,5-8,10-11H2,1H3/t14-,15-/m1/s1. The van der Waals surface area contributed by atoms with Gasteiger partial charge in [-0.05, 0) is 19.1 Å². The number of nitrogens with zero attached hydrogens (tertiary/aromatic N) is 2. The molecule has 2 saturated heterocycles. The number of halogens is 2. The van der Waals surface area contributed by atoms with Crippen molar-refractivity contribution in [3.63, 3.8) is 0 Å². The normalized spacial score (nSPS) is 28.1. The number of β-amino-alcohol motifs (C(OH)–C–C–N with tert-alkyl or cyclic N) is 1. The average molecular weight is 324 g/mol. The average Bonchev–Trinajstić information content (AvgIpc) is 2.88. The van der Waals surface area contributed by atoms with Crippen molar-refractivity contribution in [1.82, 2.24) is 9.80 Å². The summed E-state index contributed by atoms with van der Waals surface area (Å²) < 4.78 is 26.5. The van der Waals surface area contributed by atoms with Crippen LogP contribution < -0.4 is 0 Å². The van der Waals surface area contributed by atoms with Gasteiger partial charge in [-0.15, -0.1) is 0 Å². The van der Waals surface area contributed by atoms with Gasteiger partial charge in [0.05, 0.1) is 12.1 Å². The molecule has 0 radical (unpaired) electrons. The van der Waals surface area contributed by atoms with Crippen molar-refractivity contribution in [2.24, 2.45) is 0 Å². The fraction of sp³-hybridized carbons (Fsp3) is 0.588. The van der Waals surface area contributed by atoms with Gasteiger partial charge in [-0.2, -0.15) is 0 Å². The van der Waals surface area contributed by atoms with Gasteiger partial charge in [-0.3, -0.25) is 9.69 Å². The predicted molar refractivity (Wildman–Crippen MR) is 82.6 cm³/mol. The summed E-state index contributed by atoms with van der Waals surface area (Å²) in [7, 11) is 0. The Hall–Kier alpha value is -1.53. The summed E-state index contributed by atoms with van der Waals surface area (Å²) in [5.41, 5.74) is 1.61. The van der Waals surface area contributed by atoms with Crippen LogP contribution in [0.2, 0.25) is 0 Å². The van der Waals surface area contributed by atoms with Gasteiger partial charge in [0, 0.05) is 44.6 Å². The van der Waals surface area contributed by atoms with E-state index >= 15 is 0 Å². The number of hydrogen-bond donors (Lipinski definition) is 1. The molecular weight excluding hydrogens is 302 g/mol. The molecule has 0 unspecified atom stereocenters. The van der Waals surface area contributed by atoms with Crippen LogP contribution in [0.1, 0.15) is 28.8 Å². The number of likely N-dealkylation sites (tertiary alicyclic amines) is 2. The third-order valence-electron chi connectivity index (χ3n) is 4.81. The summed E-state index contributed by atoms with van der Waals surface area (Å²) in [6.07, 6.45) is -1.04. The lowest BCUT2D eigenvalue weighted by Gasteiger charge is -2.36. The Bertz CT molecular complexity index is 584. The molecule has 6 heteroatoms. The topological polar surface area (TPSA) is 43.8 Å². The van der Waals surface area contributed by atoms with Crippen molar-refractivity contribution in [2.45, 2.75) is 37.8 Å². The van der Waals surface area contributed by atoms with Crippen LogP contribution in [0, 0.1) is 6.92 Å². The number of carbonyl (C=O) groups is 1. The number of hydrogen-bond acceptors (Lipinski definition) is 3. The van der Waals surface area contributed by atoms with Crippen LogP contribution in [0.3, 0.4) is 0 Å². The Morgan fingerprint density at radius 1 is 1.26 bits per heavy atom. The highest BCUT2D eigenvalue weighted by atomic mass is 19.3. The van der Waals surface area contributed by atoms with E-state index in [0.717, 1.165) is 5.56 Å². The maximum absolute atomic E-state index is 13.3. The second-order valence-electron chi connectivity index (χ2n) is 6.61. The van der Waals surface area contributed by atoms with E-state index in [2.05, 4.69) is 0 Å². The van der Waals surface area contributed by atoms with E-state index in [4.69, 9.17) is 0 Å². The van der Waals surface area contributed by atoms with Crippen LogP contribution in [0.25, 0.3) is 0 Å². The number of carbonyl (C=O) groups excluding carboxylic acids is 1. The first-order valence-corrected chi connectivity index (χ1v) is 8.02. The molecular formula is C17H22F2N2O2. The molecule has 2 heterocycles. The highest BCUT2D eigenvalue weighted by molar-refractivity contribution is 5.94. The van der Waals surface area contributed by atoms with Crippen LogP contribution in [-0.4, -0.2) is 65.1 Å². The smallest absolute Gasteiger partial charge is 0.254 e. The molecule has 126 valence electrons. The first kappa shape index (κ1) is 16.3. The first-order valence-electron chi connectivity index (χ1n) is 8.02. The van der Waals surface area contributed by atoms with E-state index in [-0.39, 0.29) is 44.4 Å². The molecule has 2 aliphatic heterocycles. The maximum Gasteiger partial charge on any atom is 0.254 e. The van der Waals surface area contributed by atoms with E-state index in [9.17, 15) is 18.7 Å². The molecule has 1 aromatic carbocycles. The van der Waals surface area contributed by atoms with Crippen LogP contribution >= 0.6 is 0 Å². The SMILES string of the molecule is Cc1cccc(C(=O)N2C[C@@H](O)[C@H](N3CCC(F)(F)CC3)C2)c1. The predicted octanol–water partition coefficient (Wildman–Crippen LogP) is 1.91. The van der Waals surface area contributed by atoms with Gasteiger partial charge < -0.3 is 10.0 Å². The van der Waals surface area contributed by atoms with Crippen molar-refractivity contribution in [2.75, 3.05) is 26.2 Å². The highest BCUT2D eigenvalue weighted by Crippen LogP contribution is 2.30. The molecule has 0 aromatic heterocycles. The molecule has 0 aliphatic carbocycles. The Morgan fingerprint density at radius 2 is 1.96 bits per heavy atom. The molecule has 2 fully saturated rings. The quantitative estimate of drug-likeness (QED) is 0.904. The molecule has 0 spiro atoms. The number of rotatable bonds is 2. The highest BCUT2D eigenvalue weighted by Gasteiger charge is 2.42. The number of aliphatic hydroxyl groups excluding tert-OH is 1. The molecule has 23 heavy (non-hydrogen) atoms. The fourth-order valence-corrected chi connectivity index (χ4v) is 3.44. The second kappa shape index (κ2) is 6.17. The Balaban J connectivity index is 1.65. The minimum atomic E-state index is -2.60. The second-order valence-corrected chi connectivity index (χ2v) is 6.61. The summed E-state index contributed by atoms with van der Waals surface area (Å²) >= 11 is 0. The summed E-state index contributed by atoms with van der Waals surface area (Å²) in [5.74, 6) is -2.71. The molecule has 3 rings (SSSR count). The number of piperidine rings is 1. The number of benzene rings is 1. The fourth-order valence-electron chi connectivity index (χ4n) is 3.44. The molecule has 1 amide bonds. The van der Waals surface area contributed by atoms with E-state index in [1.54, 1.807) is 11.0 Å². The number of alkyl halides is 2. The number of aliphatic hydroxyl groups is 1. The molecule has 1 N–H and O–H groups in total. The zero-order valence-corrected chi connectivity index (χ0v) is 13.2. The Labute approximate surface area is 134 Å². The van der Waals surface area contributed by atoms with Gasteiger partial charge in [0.25, 0.3) is 11.8 Å². The van der Waals surface area contributed by atoms with Gasteiger partial charge in [0.1, 0.15) is 0 Å². The van der Waals surface area contributed by atoms with Crippen molar-refractivity contribution in [1.29, 1.82) is 0 Å². The monoisotopic (exact) mass is 324 g/mol. The van der Waals surface area contributed by atoms with Gasteiger partial charge in [-0.1, -0.05) is 17.7 Å². The Kier molecular flexibility index (Phi) is 4.38. The summed E-state index contributed by atoms with van der Waals surface area (Å²) in [5, 5.41) is 10.3. The summed E-state index contributed by atoms with van der Waals surface area (Å²) in [6.45, 7) is 3.10. The van der Waals surface area contributed by atoms with E-state index < -0.39 is 12.0 Å². The third kappa shape index (κ3) is 3.53. The largest absolute Gasteiger partial charge is 0.390 e.